The highest BCUT2D eigenvalue weighted by atomic mass is 16.5. The molecule has 0 radical (unpaired) electrons. The number of esters is 1. The summed E-state index contributed by atoms with van der Waals surface area (Å²) in [5.74, 6) is -0.309. The molecule has 6 atom stereocenters. The maximum Gasteiger partial charge on any atom is 0.311 e. The number of rotatable bonds is 1. The molecule has 0 amide bonds. The van der Waals surface area contributed by atoms with Gasteiger partial charge in [0.25, 0.3) is 0 Å². The zero-order chi connectivity index (χ0) is 17.7. The standard InChI is InChI=1S/C21H26N2O3/c1-26-17(25)14-11-19-7-4-9-23-10-8-20(18(19)23)13-5-2-3-6-15(13)22-21(14,20)12-16(19)24/h2-3,5-6,14,16,18,22,24H,4,7-12H2,1H3/t14-,16+,18+,19+,20-,21-/m1/s1. The molecule has 6 aliphatic rings. The molecule has 2 saturated heterocycles. The van der Waals surface area contributed by atoms with Crippen LogP contribution in [0.15, 0.2) is 24.3 Å². The first-order chi connectivity index (χ1) is 12.6. The molecule has 7 rings (SSSR count). The van der Waals surface area contributed by atoms with Gasteiger partial charge >= 0.3 is 5.97 Å². The van der Waals surface area contributed by atoms with E-state index < -0.39 is 5.54 Å². The maximum absolute atomic E-state index is 12.9. The van der Waals surface area contributed by atoms with E-state index in [1.807, 2.05) is 0 Å². The third-order valence-corrected chi connectivity index (χ3v) is 8.66. The van der Waals surface area contributed by atoms with Crippen molar-refractivity contribution in [2.45, 2.75) is 55.2 Å². The first-order valence-corrected chi connectivity index (χ1v) is 9.97. The SMILES string of the molecule is COC(=O)[C@H]1C[C@@]23CCCN4CC[C@@]5(c6ccccc6N[C@]15C[C@@H]2O)[C@@H]43. The summed E-state index contributed by atoms with van der Waals surface area (Å²) in [5, 5.41) is 15.1. The van der Waals surface area contributed by atoms with E-state index in [-0.39, 0.29) is 28.8 Å². The summed E-state index contributed by atoms with van der Waals surface area (Å²) in [5.41, 5.74) is 1.80. The van der Waals surface area contributed by atoms with Crippen molar-refractivity contribution in [1.29, 1.82) is 0 Å². The van der Waals surface area contributed by atoms with Gasteiger partial charge in [-0.25, -0.2) is 0 Å². The fraction of sp³-hybridized carbons (Fsp3) is 0.667. The van der Waals surface area contributed by atoms with Gasteiger partial charge in [-0.05, 0) is 56.8 Å². The molecule has 2 N–H and O–H groups in total. The van der Waals surface area contributed by atoms with Crippen molar-refractivity contribution in [3.05, 3.63) is 29.8 Å². The van der Waals surface area contributed by atoms with Crippen LogP contribution >= 0.6 is 0 Å². The Morgan fingerprint density at radius 2 is 2.12 bits per heavy atom. The lowest BCUT2D eigenvalue weighted by Crippen LogP contribution is -2.80. The second-order valence-corrected chi connectivity index (χ2v) is 9.14. The fourth-order valence-corrected chi connectivity index (χ4v) is 8.02. The molecule has 138 valence electrons. The molecule has 26 heavy (non-hydrogen) atoms. The van der Waals surface area contributed by atoms with Gasteiger partial charge in [0.2, 0.25) is 0 Å². The van der Waals surface area contributed by atoms with Crippen molar-refractivity contribution in [2.75, 3.05) is 25.5 Å². The number of nitrogens with zero attached hydrogens (tertiary/aromatic N) is 1. The lowest BCUT2D eigenvalue weighted by Gasteiger charge is -2.70. The number of hydrogen-bond acceptors (Lipinski definition) is 5. The number of para-hydroxylation sites is 1. The van der Waals surface area contributed by atoms with Crippen LogP contribution in [0.25, 0.3) is 0 Å². The average Bonchev–Trinajstić information content (AvgIpc) is 3.19. The quantitative estimate of drug-likeness (QED) is 0.755. The zero-order valence-corrected chi connectivity index (χ0v) is 15.2. The molecular weight excluding hydrogens is 328 g/mol. The van der Waals surface area contributed by atoms with E-state index in [0.717, 1.165) is 44.5 Å². The van der Waals surface area contributed by atoms with Crippen molar-refractivity contribution in [2.24, 2.45) is 11.3 Å². The van der Waals surface area contributed by atoms with Gasteiger partial charge in [-0.15, -0.1) is 0 Å². The third-order valence-electron chi connectivity index (χ3n) is 8.66. The number of ether oxygens (including phenoxy) is 1. The lowest BCUT2D eigenvalue weighted by molar-refractivity contribution is -0.204. The van der Waals surface area contributed by atoms with Crippen LogP contribution in [0.1, 0.15) is 37.7 Å². The van der Waals surface area contributed by atoms with Crippen molar-refractivity contribution >= 4 is 11.7 Å². The number of carbonyl (C=O) groups excluding carboxylic acids is 1. The van der Waals surface area contributed by atoms with Gasteiger partial charge in [-0.2, -0.15) is 0 Å². The second-order valence-electron chi connectivity index (χ2n) is 9.14. The van der Waals surface area contributed by atoms with Crippen LogP contribution < -0.4 is 5.32 Å². The molecule has 3 aliphatic heterocycles. The summed E-state index contributed by atoms with van der Waals surface area (Å²) < 4.78 is 5.28. The Labute approximate surface area is 153 Å². The number of piperidine rings is 1. The van der Waals surface area contributed by atoms with Crippen LogP contribution in [0, 0.1) is 11.3 Å². The molecule has 5 fully saturated rings. The van der Waals surface area contributed by atoms with E-state index in [9.17, 15) is 9.90 Å². The van der Waals surface area contributed by atoms with Crippen molar-refractivity contribution < 1.29 is 14.6 Å². The molecule has 1 aromatic rings. The van der Waals surface area contributed by atoms with Crippen molar-refractivity contribution in [3.63, 3.8) is 0 Å². The molecule has 5 heteroatoms. The predicted octanol–water partition coefficient (Wildman–Crippen LogP) is 1.90. The van der Waals surface area contributed by atoms with Gasteiger partial charge < -0.3 is 15.2 Å². The first-order valence-electron chi connectivity index (χ1n) is 9.97. The maximum atomic E-state index is 12.9. The Bertz CT molecular complexity index is 812. The van der Waals surface area contributed by atoms with Gasteiger partial charge in [0.15, 0.2) is 0 Å². The first kappa shape index (κ1) is 15.5. The Morgan fingerprint density at radius 1 is 1.27 bits per heavy atom. The van der Waals surface area contributed by atoms with Gasteiger partial charge in [0, 0.05) is 22.6 Å². The summed E-state index contributed by atoms with van der Waals surface area (Å²) in [6.45, 7) is 2.17. The number of anilines is 1. The Hall–Kier alpha value is -1.59. The number of benzene rings is 1. The number of carbonyl (C=O) groups is 1. The molecule has 3 saturated carbocycles. The normalized spacial score (nSPS) is 47.7. The molecule has 3 aliphatic carbocycles. The monoisotopic (exact) mass is 354 g/mol. The van der Waals surface area contributed by atoms with E-state index in [2.05, 4.69) is 34.5 Å². The Morgan fingerprint density at radius 3 is 2.96 bits per heavy atom. The summed E-state index contributed by atoms with van der Waals surface area (Å²) >= 11 is 0. The fourth-order valence-electron chi connectivity index (χ4n) is 8.02. The van der Waals surface area contributed by atoms with Crippen LogP contribution in [0.2, 0.25) is 0 Å². The summed E-state index contributed by atoms with van der Waals surface area (Å²) in [7, 11) is 1.50. The summed E-state index contributed by atoms with van der Waals surface area (Å²) in [6, 6.07) is 8.91. The summed E-state index contributed by atoms with van der Waals surface area (Å²) in [4.78, 5) is 15.6. The molecule has 3 spiro atoms. The number of aliphatic hydroxyl groups excluding tert-OH is 1. The highest BCUT2D eigenvalue weighted by Gasteiger charge is 2.81. The van der Waals surface area contributed by atoms with Gasteiger partial charge in [-0.1, -0.05) is 18.2 Å². The van der Waals surface area contributed by atoms with Crippen LogP contribution in [0.4, 0.5) is 5.69 Å². The van der Waals surface area contributed by atoms with E-state index in [1.54, 1.807) is 0 Å². The second kappa shape index (κ2) is 4.63. The van der Waals surface area contributed by atoms with Crippen LogP contribution in [-0.2, 0) is 14.9 Å². The largest absolute Gasteiger partial charge is 0.469 e. The molecule has 0 unspecified atom stereocenters. The molecular formula is C21H26N2O3. The minimum Gasteiger partial charge on any atom is -0.469 e. The predicted molar refractivity (Wildman–Crippen MR) is 96.9 cm³/mol. The Kier molecular flexibility index (Phi) is 2.75. The highest BCUT2D eigenvalue weighted by Crippen LogP contribution is 2.74. The average molecular weight is 354 g/mol. The van der Waals surface area contributed by atoms with Crippen LogP contribution in [0.5, 0.6) is 0 Å². The molecule has 1 aromatic carbocycles. The number of hydrogen-bond donors (Lipinski definition) is 2. The topological polar surface area (TPSA) is 61.8 Å². The minimum atomic E-state index is -0.429. The van der Waals surface area contributed by atoms with Crippen molar-refractivity contribution in [3.8, 4) is 0 Å². The number of fused-ring (bicyclic) bond motifs is 3. The lowest BCUT2D eigenvalue weighted by atomic mass is 9.38. The van der Waals surface area contributed by atoms with E-state index in [0.29, 0.717) is 12.5 Å². The number of aliphatic hydroxyl groups is 1. The Balaban J connectivity index is 1.66. The number of nitrogens with one attached hydrogen (secondary N) is 1. The zero-order valence-electron chi connectivity index (χ0n) is 15.2. The van der Waals surface area contributed by atoms with Crippen LogP contribution in [0.3, 0.4) is 0 Å². The highest BCUT2D eigenvalue weighted by molar-refractivity contribution is 5.81. The smallest absolute Gasteiger partial charge is 0.311 e. The van der Waals surface area contributed by atoms with E-state index in [4.69, 9.17) is 4.74 Å². The van der Waals surface area contributed by atoms with Crippen LogP contribution in [-0.4, -0.2) is 53.9 Å². The minimum absolute atomic E-state index is 0.0969. The number of methoxy groups -OCH3 is 1. The van der Waals surface area contributed by atoms with Gasteiger partial charge in [0.05, 0.1) is 24.7 Å². The van der Waals surface area contributed by atoms with Crippen molar-refractivity contribution in [1.82, 2.24) is 4.90 Å². The van der Waals surface area contributed by atoms with E-state index >= 15 is 0 Å². The van der Waals surface area contributed by atoms with Gasteiger partial charge in [-0.3, -0.25) is 9.69 Å². The molecule has 0 aromatic heterocycles. The summed E-state index contributed by atoms with van der Waals surface area (Å²) in [6.07, 6.45) is 4.21. The third kappa shape index (κ3) is 1.38. The molecule has 3 heterocycles. The van der Waals surface area contributed by atoms with Gasteiger partial charge in [0.1, 0.15) is 0 Å². The van der Waals surface area contributed by atoms with E-state index in [1.165, 1.54) is 12.7 Å². The molecule has 2 bridgehead atoms. The molecule has 5 nitrogen and oxygen atoms in total.